The van der Waals surface area contributed by atoms with E-state index in [1.165, 1.54) is 4.90 Å². The molecule has 6 nitrogen and oxygen atoms in total. The Labute approximate surface area is 201 Å². The maximum absolute atomic E-state index is 13.2. The summed E-state index contributed by atoms with van der Waals surface area (Å²) >= 11 is 6.39. The van der Waals surface area contributed by atoms with Crippen molar-refractivity contribution in [3.05, 3.63) is 41.4 Å². The fraction of sp³-hybridized carbons (Fsp3) is 0.615. The fourth-order valence-corrected chi connectivity index (χ4v) is 6.33. The van der Waals surface area contributed by atoms with Crippen molar-refractivity contribution >= 4 is 29.1 Å². The van der Waals surface area contributed by atoms with Crippen molar-refractivity contribution in [3.8, 4) is 0 Å². The maximum Gasteiger partial charge on any atom is 0.233 e. The van der Waals surface area contributed by atoms with E-state index in [0.29, 0.717) is 13.2 Å². The molecule has 3 fully saturated rings. The van der Waals surface area contributed by atoms with Gasteiger partial charge in [0.1, 0.15) is 0 Å². The molecule has 7 heteroatoms. The molecule has 4 aliphatic rings. The van der Waals surface area contributed by atoms with Crippen LogP contribution in [0.5, 0.6) is 0 Å². The van der Waals surface area contributed by atoms with Crippen LogP contribution in [-0.2, 0) is 14.3 Å². The second kappa shape index (κ2) is 9.77. The van der Waals surface area contributed by atoms with Crippen LogP contribution in [0.25, 0.3) is 0 Å². The van der Waals surface area contributed by atoms with Gasteiger partial charge in [-0.1, -0.05) is 49.2 Å². The molecule has 178 valence electrons. The summed E-state index contributed by atoms with van der Waals surface area (Å²) in [6, 6.07) is 7.98. The quantitative estimate of drug-likeness (QED) is 0.313. The highest BCUT2D eigenvalue weighted by Crippen LogP contribution is 2.52. The molecule has 2 bridgehead atoms. The van der Waals surface area contributed by atoms with Gasteiger partial charge in [0.25, 0.3) is 0 Å². The molecule has 1 saturated carbocycles. The summed E-state index contributed by atoms with van der Waals surface area (Å²) in [5.41, 5.74) is 1.08. The van der Waals surface area contributed by atoms with Crippen molar-refractivity contribution in [2.24, 2.45) is 23.7 Å². The van der Waals surface area contributed by atoms with Gasteiger partial charge in [-0.25, -0.2) is 0 Å². The van der Waals surface area contributed by atoms with Crippen LogP contribution in [0.15, 0.2) is 36.4 Å². The number of piperazine rings is 1. The van der Waals surface area contributed by atoms with Crippen LogP contribution in [-0.4, -0.2) is 73.6 Å². The van der Waals surface area contributed by atoms with E-state index in [4.69, 9.17) is 16.3 Å². The molecule has 5 rings (SSSR count). The van der Waals surface area contributed by atoms with Crippen LogP contribution in [0.2, 0.25) is 5.02 Å². The third-order valence-electron chi connectivity index (χ3n) is 7.83. The number of fused-ring (bicyclic) bond motifs is 5. The number of likely N-dealkylation sites (tertiary alicyclic amines) is 1. The summed E-state index contributed by atoms with van der Waals surface area (Å²) in [6.45, 7) is 7.51. The van der Waals surface area contributed by atoms with E-state index < -0.39 is 0 Å². The molecule has 1 aromatic carbocycles. The lowest BCUT2D eigenvalue weighted by molar-refractivity contribution is -0.143. The summed E-state index contributed by atoms with van der Waals surface area (Å²) in [4.78, 5) is 32.6. The maximum atomic E-state index is 13.2. The summed E-state index contributed by atoms with van der Waals surface area (Å²) in [5.74, 6) is 0.271. The van der Waals surface area contributed by atoms with Crippen molar-refractivity contribution in [3.63, 3.8) is 0 Å². The van der Waals surface area contributed by atoms with Gasteiger partial charge in [0.05, 0.1) is 35.2 Å². The summed E-state index contributed by atoms with van der Waals surface area (Å²) < 4.78 is 6.23. The van der Waals surface area contributed by atoms with Crippen LogP contribution in [0, 0.1) is 23.7 Å². The third kappa shape index (κ3) is 4.45. The molecule has 0 spiro atoms. The highest BCUT2D eigenvalue weighted by Gasteiger charge is 2.59. The molecule has 2 amide bonds. The zero-order chi connectivity index (χ0) is 22.9. The summed E-state index contributed by atoms with van der Waals surface area (Å²) in [5, 5.41) is 0.784. The van der Waals surface area contributed by atoms with Gasteiger partial charge in [0.15, 0.2) is 0 Å². The van der Waals surface area contributed by atoms with Crippen molar-refractivity contribution in [2.45, 2.75) is 32.3 Å². The molecule has 2 heterocycles. The number of anilines is 1. The predicted molar refractivity (Wildman–Crippen MR) is 129 cm³/mol. The Hall–Kier alpha value is -1.89. The lowest BCUT2D eigenvalue weighted by Gasteiger charge is -2.38. The van der Waals surface area contributed by atoms with Crippen LogP contribution in [0.4, 0.5) is 5.69 Å². The molecule has 0 aromatic heterocycles. The van der Waals surface area contributed by atoms with E-state index in [-0.39, 0.29) is 41.6 Å². The summed E-state index contributed by atoms with van der Waals surface area (Å²) in [6.07, 6.45) is 7.15. The van der Waals surface area contributed by atoms with Crippen molar-refractivity contribution in [2.75, 3.05) is 50.8 Å². The van der Waals surface area contributed by atoms with E-state index in [2.05, 4.69) is 34.9 Å². The number of benzene rings is 1. The standard InChI is InChI=1S/C26H34ClN3O3/c1-2-3-14-33-20(16-28-10-12-29(13-11-28)22-7-5-4-6-21(22)27)17-30-25(31)23-18-8-9-19(15-18)24(23)26(30)32/h4-9,18-20,23-24H,2-3,10-17H2,1H3/t18-,19?,20?,23-,24?/m0/s1. The monoisotopic (exact) mass is 471 g/mol. The van der Waals surface area contributed by atoms with Gasteiger partial charge in [-0.15, -0.1) is 0 Å². The van der Waals surface area contributed by atoms with E-state index in [0.717, 1.165) is 62.7 Å². The molecule has 5 atom stereocenters. The molecule has 2 aliphatic carbocycles. The zero-order valence-corrected chi connectivity index (χ0v) is 20.1. The minimum absolute atomic E-state index is 0.0227. The second-order valence-electron chi connectivity index (χ2n) is 9.87. The number of ether oxygens (including phenoxy) is 1. The third-order valence-corrected chi connectivity index (χ3v) is 8.15. The highest BCUT2D eigenvalue weighted by atomic mass is 35.5. The SMILES string of the molecule is CCCCOC(CN1CCN(c2ccccc2Cl)CC1)CN1C(=O)C2C3C=C[C@@H](C3)[C@@H]2C1=O. The van der Waals surface area contributed by atoms with Gasteiger partial charge in [-0.2, -0.15) is 0 Å². The topological polar surface area (TPSA) is 53.1 Å². The number of nitrogens with zero attached hydrogens (tertiary/aromatic N) is 3. The number of hydrogen-bond donors (Lipinski definition) is 0. The number of rotatable bonds is 9. The Balaban J connectivity index is 1.20. The van der Waals surface area contributed by atoms with Gasteiger partial charge in [0.2, 0.25) is 11.8 Å². The van der Waals surface area contributed by atoms with E-state index in [9.17, 15) is 9.59 Å². The molecule has 33 heavy (non-hydrogen) atoms. The van der Waals surface area contributed by atoms with E-state index in [1.54, 1.807) is 0 Å². The number of unbranched alkanes of at least 4 members (excludes halogenated alkanes) is 1. The molecule has 0 N–H and O–H groups in total. The lowest BCUT2D eigenvalue weighted by atomic mass is 9.85. The Morgan fingerprint density at radius 1 is 1.00 bits per heavy atom. The minimum Gasteiger partial charge on any atom is -0.375 e. The molecule has 3 unspecified atom stereocenters. The Morgan fingerprint density at radius 3 is 2.30 bits per heavy atom. The highest BCUT2D eigenvalue weighted by molar-refractivity contribution is 6.33. The van der Waals surface area contributed by atoms with E-state index >= 15 is 0 Å². The summed E-state index contributed by atoms with van der Waals surface area (Å²) in [7, 11) is 0. The number of para-hydroxylation sites is 1. The minimum atomic E-state index is -0.152. The number of amides is 2. The van der Waals surface area contributed by atoms with Crippen LogP contribution >= 0.6 is 11.6 Å². The van der Waals surface area contributed by atoms with Gasteiger partial charge < -0.3 is 9.64 Å². The van der Waals surface area contributed by atoms with Crippen molar-refractivity contribution < 1.29 is 14.3 Å². The fourth-order valence-electron chi connectivity index (χ4n) is 6.07. The predicted octanol–water partition coefficient (Wildman–Crippen LogP) is 3.45. The van der Waals surface area contributed by atoms with Crippen molar-refractivity contribution in [1.29, 1.82) is 0 Å². The number of halogens is 1. The molecule has 1 aromatic rings. The van der Waals surface area contributed by atoms with Crippen molar-refractivity contribution in [1.82, 2.24) is 9.80 Å². The van der Waals surface area contributed by atoms with Gasteiger partial charge >= 0.3 is 0 Å². The second-order valence-corrected chi connectivity index (χ2v) is 10.3. The first kappa shape index (κ1) is 22.9. The smallest absolute Gasteiger partial charge is 0.233 e. The zero-order valence-electron chi connectivity index (χ0n) is 19.4. The lowest BCUT2D eigenvalue weighted by Crippen LogP contribution is -2.51. The molecular weight excluding hydrogens is 438 g/mol. The Kier molecular flexibility index (Phi) is 6.77. The number of hydrogen-bond acceptors (Lipinski definition) is 5. The average molecular weight is 472 g/mol. The molecular formula is C26H34ClN3O3. The molecule has 2 aliphatic heterocycles. The Bertz CT molecular complexity index is 884. The number of carbonyl (C=O) groups excluding carboxylic acids is 2. The van der Waals surface area contributed by atoms with Gasteiger partial charge in [-0.05, 0) is 36.8 Å². The molecule has 2 saturated heterocycles. The average Bonchev–Trinajstić information content (AvgIpc) is 3.50. The van der Waals surface area contributed by atoms with E-state index in [1.807, 2.05) is 18.2 Å². The Morgan fingerprint density at radius 2 is 1.67 bits per heavy atom. The van der Waals surface area contributed by atoms with Crippen LogP contribution in [0.1, 0.15) is 26.2 Å². The molecule has 0 radical (unpaired) electrons. The first-order valence-corrected chi connectivity index (χ1v) is 12.8. The van der Waals surface area contributed by atoms with Crippen LogP contribution in [0.3, 0.4) is 0 Å². The normalized spacial score (nSPS) is 29.9. The van der Waals surface area contributed by atoms with Gasteiger partial charge in [-0.3, -0.25) is 19.4 Å². The number of imide groups is 1. The largest absolute Gasteiger partial charge is 0.375 e. The number of allylic oxidation sites excluding steroid dienone is 2. The van der Waals surface area contributed by atoms with Crippen LogP contribution < -0.4 is 4.90 Å². The first-order chi connectivity index (χ1) is 16.1. The van der Waals surface area contributed by atoms with Gasteiger partial charge in [0, 0.05) is 39.3 Å². The first-order valence-electron chi connectivity index (χ1n) is 12.4. The number of carbonyl (C=O) groups is 2.